The molecule has 1 aromatic rings. The molecule has 1 heterocycles. The van der Waals surface area contributed by atoms with Gasteiger partial charge in [-0.25, -0.2) is 0 Å². The molecule has 0 aromatic heterocycles. The topological polar surface area (TPSA) is 66.8 Å². The number of ether oxygens (including phenoxy) is 1. The molecule has 1 aliphatic heterocycles. The van der Waals surface area contributed by atoms with Crippen LogP contribution in [-0.4, -0.2) is 42.8 Å². The highest BCUT2D eigenvalue weighted by atomic mass is 16.5. The lowest BCUT2D eigenvalue weighted by atomic mass is 10.1. The van der Waals surface area contributed by atoms with Crippen LogP contribution in [0.25, 0.3) is 5.57 Å². The molecule has 1 aliphatic rings. The molecular formula is C13H15NO4. The summed E-state index contributed by atoms with van der Waals surface area (Å²) in [6.07, 6.45) is 1.60. The van der Waals surface area contributed by atoms with E-state index in [9.17, 15) is 4.79 Å². The van der Waals surface area contributed by atoms with E-state index in [0.717, 1.165) is 5.56 Å². The Hall–Kier alpha value is -2.14. The Morgan fingerprint density at radius 3 is 2.33 bits per heavy atom. The quantitative estimate of drug-likeness (QED) is 0.800. The lowest BCUT2D eigenvalue weighted by Gasteiger charge is -2.17. The van der Waals surface area contributed by atoms with Gasteiger partial charge in [-0.1, -0.05) is 30.3 Å². The van der Waals surface area contributed by atoms with Crippen LogP contribution in [0.5, 0.6) is 0 Å². The number of benzene rings is 1. The van der Waals surface area contributed by atoms with E-state index in [2.05, 4.69) is 0 Å². The minimum absolute atomic E-state index is 0.00745. The number of nitrogens with zero attached hydrogens (tertiary/aromatic N) is 1. The van der Waals surface area contributed by atoms with Crippen molar-refractivity contribution in [2.45, 2.75) is 6.23 Å². The van der Waals surface area contributed by atoms with E-state index >= 15 is 0 Å². The number of hydrogen-bond donors (Lipinski definition) is 1. The van der Waals surface area contributed by atoms with Gasteiger partial charge in [0.2, 0.25) is 0 Å². The Morgan fingerprint density at radius 2 is 1.89 bits per heavy atom. The van der Waals surface area contributed by atoms with Crippen LogP contribution in [0.1, 0.15) is 5.56 Å². The van der Waals surface area contributed by atoms with Gasteiger partial charge in [0.05, 0.1) is 0 Å². The average molecular weight is 249 g/mol. The first kappa shape index (κ1) is 13.9. The van der Waals surface area contributed by atoms with Crippen molar-refractivity contribution in [1.82, 2.24) is 4.90 Å². The number of carbonyl (C=O) groups excluding carboxylic acids is 1. The number of rotatable bonds is 2. The van der Waals surface area contributed by atoms with Crippen molar-refractivity contribution in [3.8, 4) is 0 Å². The molecule has 0 fully saturated rings. The van der Waals surface area contributed by atoms with Gasteiger partial charge in [-0.2, -0.15) is 0 Å². The fourth-order valence-corrected chi connectivity index (χ4v) is 1.69. The molecule has 1 N–H and O–H groups in total. The normalized spacial score (nSPS) is 17.9. The molecule has 18 heavy (non-hydrogen) atoms. The zero-order chi connectivity index (χ0) is 13.5. The van der Waals surface area contributed by atoms with Crippen LogP contribution < -0.4 is 0 Å². The number of methoxy groups -OCH3 is 1. The van der Waals surface area contributed by atoms with Gasteiger partial charge in [0, 0.05) is 19.7 Å². The zero-order valence-electron chi connectivity index (χ0n) is 10.2. The van der Waals surface area contributed by atoms with E-state index < -0.39 is 0 Å². The van der Waals surface area contributed by atoms with Crippen LogP contribution in [0.2, 0.25) is 0 Å². The minimum Gasteiger partial charge on any atom is -0.483 e. The standard InChI is InChI=1S/C12H13NO2.CH2O2/c1-13-11(15-2)8-10(12(13)14)9-6-4-3-5-7-9;2-1-3/h3-8,11H,1-2H3;1H,(H,2,3). The first-order valence-electron chi connectivity index (χ1n) is 5.30. The Morgan fingerprint density at radius 1 is 1.33 bits per heavy atom. The van der Waals surface area contributed by atoms with E-state index in [1.807, 2.05) is 36.4 Å². The Kier molecular flexibility index (Phi) is 5.07. The van der Waals surface area contributed by atoms with Crippen molar-refractivity contribution < 1.29 is 19.4 Å². The second-order valence-corrected chi connectivity index (χ2v) is 3.59. The van der Waals surface area contributed by atoms with E-state index in [4.69, 9.17) is 14.6 Å². The van der Waals surface area contributed by atoms with Crippen molar-refractivity contribution in [1.29, 1.82) is 0 Å². The summed E-state index contributed by atoms with van der Waals surface area (Å²) in [6, 6.07) is 9.62. The molecule has 5 heteroatoms. The molecule has 0 aliphatic carbocycles. The van der Waals surface area contributed by atoms with Gasteiger partial charge in [-0.05, 0) is 11.6 Å². The summed E-state index contributed by atoms with van der Waals surface area (Å²) in [7, 11) is 3.34. The number of likely N-dealkylation sites (N-methyl/N-ethyl adjacent to an activating group) is 1. The summed E-state index contributed by atoms with van der Waals surface area (Å²) in [5.74, 6) is 0.00745. The molecule has 0 spiro atoms. The fourth-order valence-electron chi connectivity index (χ4n) is 1.69. The van der Waals surface area contributed by atoms with Gasteiger partial charge in [0.15, 0.2) is 6.23 Å². The predicted octanol–water partition coefficient (Wildman–Crippen LogP) is 1.22. The number of carbonyl (C=O) groups is 2. The lowest BCUT2D eigenvalue weighted by molar-refractivity contribution is -0.129. The molecule has 5 nitrogen and oxygen atoms in total. The summed E-state index contributed by atoms with van der Waals surface area (Å²) < 4.78 is 5.17. The van der Waals surface area contributed by atoms with Gasteiger partial charge >= 0.3 is 0 Å². The van der Waals surface area contributed by atoms with Crippen molar-refractivity contribution in [3.63, 3.8) is 0 Å². The van der Waals surface area contributed by atoms with Gasteiger partial charge in [-0.15, -0.1) is 0 Å². The first-order valence-corrected chi connectivity index (χ1v) is 5.30. The summed E-state index contributed by atoms with van der Waals surface area (Å²) in [6.45, 7) is -0.250. The molecule has 0 saturated heterocycles. The third-order valence-corrected chi connectivity index (χ3v) is 2.57. The highest BCUT2D eigenvalue weighted by Gasteiger charge is 2.29. The molecule has 0 bridgehead atoms. The Bertz CT molecular complexity index is 442. The van der Waals surface area contributed by atoms with Gasteiger partial charge < -0.3 is 14.7 Å². The second kappa shape index (κ2) is 6.56. The van der Waals surface area contributed by atoms with E-state index in [1.54, 1.807) is 19.1 Å². The molecule has 0 radical (unpaired) electrons. The van der Waals surface area contributed by atoms with Gasteiger partial charge in [0.1, 0.15) is 0 Å². The van der Waals surface area contributed by atoms with Crippen LogP contribution >= 0.6 is 0 Å². The third-order valence-electron chi connectivity index (χ3n) is 2.57. The van der Waals surface area contributed by atoms with Crippen LogP contribution in [-0.2, 0) is 14.3 Å². The van der Waals surface area contributed by atoms with Crippen LogP contribution in [0, 0.1) is 0 Å². The van der Waals surface area contributed by atoms with Crippen molar-refractivity contribution in [2.24, 2.45) is 0 Å². The molecule has 1 unspecified atom stereocenters. The van der Waals surface area contributed by atoms with E-state index in [0.29, 0.717) is 5.57 Å². The first-order chi connectivity index (χ1) is 8.65. The fraction of sp³-hybridized carbons (Fsp3) is 0.231. The second-order valence-electron chi connectivity index (χ2n) is 3.59. The molecule has 2 rings (SSSR count). The van der Waals surface area contributed by atoms with Crippen molar-refractivity contribution in [3.05, 3.63) is 42.0 Å². The third kappa shape index (κ3) is 2.95. The van der Waals surface area contributed by atoms with Crippen molar-refractivity contribution >= 4 is 18.0 Å². The van der Waals surface area contributed by atoms with Gasteiger partial charge in [-0.3, -0.25) is 9.59 Å². The Balaban J connectivity index is 0.000000492. The SMILES string of the molecule is COC1C=C(c2ccccc2)C(=O)N1C.O=CO. The molecule has 1 atom stereocenters. The molecular weight excluding hydrogens is 234 g/mol. The van der Waals surface area contributed by atoms with E-state index in [1.165, 1.54) is 0 Å². The smallest absolute Gasteiger partial charge is 0.290 e. The van der Waals surface area contributed by atoms with E-state index in [-0.39, 0.29) is 18.6 Å². The highest BCUT2D eigenvalue weighted by Crippen LogP contribution is 2.25. The maximum atomic E-state index is 11.9. The monoisotopic (exact) mass is 249 g/mol. The van der Waals surface area contributed by atoms with Gasteiger partial charge in [0.25, 0.3) is 12.4 Å². The number of hydrogen-bond acceptors (Lipinski definition) is 3. The highest BCUT2D eigenvalue weighted by molar-refractivity contribution is 6.21. The number of amides is 1. The number of carboxylic acid groups (broad SMARTS) is 1. The van der Waals surface area contributed by atoms with Crippen LogP contribution in [0.3, 0.4) is 0 Å². The largest absolute Gasteiger partial charge is 0.483 e. The predicted molar refractivity (Wildman–Crippen MR) is 66.7 cm³/mol. The minimum atomic E-state index is -0.250. The summed E-state index contributed by atoms with van der Waals surface area (Å²) in [5.41, 5.74) is 1.65. The summed E-state index contributed by atoms with van der Waals surface area (Å²) in [5, 5.41) is 6.89. The molecule has 96 valence electrons. The van der Waals surface area contributed by atoms with Crippen LogP contribution in [0.4, 0.5) is 0 Å². The lowest BCUT2D eigenvalue weighted by Crippen LogP contribution is -2.31. The average Bonchev–Trinajstić information content (AvgIpc) is 2.68. The van der Waals surface area contributed by atoms with Crippen molar-refractivity contribution in [2.75, 3.05) is 14.2 Å². The van der Waals surface area contributed by atoms with Crippen LogP contribution in [0.15, 0.2) is 36.4 Å². The maximum Gasteiger partial charge on any atom is 0.290 e. The zero-order valence-corrected chi connectivity index (χ0v) is 10.2. The molecule has 1 amide bonds. The molecule has 1 aromatic carbocycles. The Labute approximate surface area is 105 Å². The molecule has 0 saturated carbocycles. The maximum absolute atomic E-state index is 11.9. The summed E-state index contributed by atoms with van der Waals surface area (Å²) >= 11 is 0. The summed E-state index contributed by atoms with van der Waals surface area (Å²) in [4.78, 5) is 21.8.